The molecular formula is C15H15BrClNO2. The van der Waals surface area contributed by atoms with E-state index in [0.29, 0.717) is 28.0 Å². The first-order chi connectivity index (χ1) is 9.47. The lowest BCUT2D eigenvalue weighted by molar-refractivity contribution is 0.243. The van der Waals surface area contributed by atoms with Crippen molar-refractivity contribution in [3.63, 3.8) is 0 Å². The Kier molecular flexibility index (Phi) is 4.78. The number of hydrogen-bond acceptors (Lipinski definition) is 3. The molecule has 0 fully saturated rings. The summed E-state index contributed by atoms with van der Waals surface area (Å²) >= 11 is 9.49. The Balaban J connectivity index is 2.32. The summed E-state index contributed by atoms with van der Waals surface area (Å²) in [5.41, 5.74) is 6.52. The summed E-state index contributed by atoms with van der Waals surface area (Å²) in [6, 6.07) is 10.8. The third-order valence-electron chi connectivity index (χ3n) is 2.50. The first-order valence-electron chi connectivity index (χ1n) is 6.15. The van der Waals surface area contributed by atoms with Crippen LogP contribution in [0.2, 0.25) is 5.02 Å². The van der Waals surface area contributed by atoms with Gasteiger partial charge in [-0.25, -0.2) is 0 Å². The average Bonchev–Trinajstić information content (AvgIpc) is 2.38. The van der Waals surface area contributed by atoms with Gasteiger partial charge in [-0.15, -0.1) is 0 Å². The van der Waals surface area contributed by atoms with Gasteiger partial charge in [-0.05, 0) is 44.2 Å². The highest BCUT2D eigenvalue weighted by Crippen LogP contribution is 2.38. The molecule has 0 aromatic heterocycles. The number of ether oxygens (including phenoxy) is 2. The zero-order chi connectivity index (χ0) is 14.7. The molecule has 2 rings (SSSR count). The Labute approximate surface area is 131 Å². The topological polar surface area (TPSA) is 44.5 Å². The highest BCUT2D eigenvalue weighted by Gasteiger charge is 2.11. The van der Waals surface area contributed by atoms with Crippen LogP contribution in [0.4, 0.5) is 5.69 Å². The van der Waals surface area contributed by atoms with Gasteiger partial charge in [0.05, 0.1) is 11.1 Å². The van der Waals surface area contributed by atoms with Gasteiger partial charge in [-0.2, -0.15) is 0 Å². The van der Waals surface area contributed by atoms with E-state index in [4.69, 9.17) is 26.8 Å². The zero-order valence-corrected chi connectivity index (χ0v) is 13.5. The van der Waals surface area contributed by atoms with E-state index in [1.165, 1.54) is 0 Å². The molecule has 0 aliphatic rings. The lowest BCUT2D eigenvalue weighted by Crippen LogP contribution is -2.07. The highest BCUT2D eigenvalue weighted by molar-refractivity contribution is 9.10. The van der Waals surface area contributed by atoms with Gasteiger partial charge in [-0.1, -0.05) is 33.6 Å². The van der Waals surface area contributed by atoms with Crippen LogP contribution in [0.3, 0.4) is 0 Å². The van der Waals surface area contributed by atoms with Gasteiger partial charge in [0.25, 0.3) is 0 Å². The fourth-order valence-electron chi connectivity index (χ4n) is 1.64. The molecule has 2 N–H and O–H groups in total. The number of para-hydroxylation sites is 1. The maximum atomic E-state index is 6.10. The molecule has 0 radical (unpaired) electrons. The summed E-state index contributed by atoms with van der Waals surface area (Å²) in [4.78, 5) is 0. The van der Waals surface area contributed by atoms with Crippen molar-refractivity contribution in [1.29, 1.82) is 0 Å². The van der Waals surface area contributed by atoms with Crippen molar-refractivity contribution >= 4 is 33.2 Å². The van der Waals surface area contributed by atoms with E-state index in [0.717, 1.165) is 4.47 Å². The maximum absolute atomic E-state index is 6.10. The van der Waals surface area contributed by atoms with Gasteiger partial charge in [-0.3, -0.25) is 0 Å². The van der Waals surface area contributed by atoms with Crippen LogP contribution in [-0.4, -0.2) is 6.10 Å². The first-order valence-corrected chi connectivity index (χ1v) is 7.32. The van der Waals surface area contributed by atoms with E-state index in [1.807, 2.05) is 32.0 Å². The number of rotatable bonds is 4. The van der Waals surface area contributed by atoms with Crippen molar-refractivity contribution in [3.8, 4) is 17.2 Å². The number of benzene rings is 2. The third kappa shape index (κ3) is 3.58. The number of nitrogen functional groups attached to an aromatic ring is 1. The largest absolute Gasteiger partial charge is 0.489 e. The fourth-order valence-corrected chi connectivity index (χ4v) is 2.14. The summed E-state index contributed by atoms with van der Waals surface area (Å²) in [6.07, 6.45) is 0.0435. The molecule has 0 saturated carbocycles. The summed E-state index contributed by atoms with van der Waals surface area (Å²) in [6.45, 7) is 3.89. The number of hydrogen-bond donors (Lipinski definition) is 1. The maximum Gasteiger partial charge on any atom is 0.154 e. The van der Waals surface area contributed by atoms with Crippen molar-refractivity contribution in [2.75, 3.05) is 5.73 Å². The third-order valence-corrected chi connectivity index (χ3v) is 3.31. The molecule has 0 aliphatic heterocycles. The van der Waals surface area contributed by atoms with Crippen molar-refractivity contribution in [3.05, 3.63) is 45.9 Å². The van der Waals surface area contributed by atoms with E-state index in [1.54, 1.807) is 18.2 Å². The minimum absolute atomic E-state index is 0.0435. The highest BCUT2D eigenvalue weighted by atomic mass is 79.9. The van der Waals surface area contributed by atoms with Gasteiger partial charge < -0.3 is 15.2 Å². The fraction of sp³-hybridized carbons (Fsp3) is 0.200. The average molecular weight is 357 g/mol. The Hall–Kier alpha value is -1.39. The molecule has 0 atom stereocenters. The van der Waals surface area contributed by atoms with Crippen LogP contribution in [0.5, 0.6) is 17.2 Å². The van der Waals surface area contributed by atoms with Gasteiger partial charge in [0.1, 0.15) is 17.2 Å². The summed E-state index contributed by atoms with van der Waals surface area (Å²) in [7, 11) is 0. The number of nitrogens with two attached hydrogens (primary N) is 1. The SMILES string of the molecule is CC(C)Oc1cccc(Oc2cc(Br)ccc2Cl)c1N. The van der Waals surface area contributed by atoms with Gasteiger partial charge in [0.15, 0.2) is 5.75 Å². The molecule has 106 valence electrons. The van der Waals surface area contributed by atoms with Crippen LogP contribution in [-0.2, 0) is 0 Å². The molecule has 0 amide bonds. The van der Waals surface area contributed by atoms with Crippen molar-refractivity contribution in [2.24, 2.45) is 0 Å². The van der Waals surface area contributed by atoms with Crippen molar-refractivity contribution < 1.29 is 9.47 Å². The predicted octanol–water partition coefficient (Wildman–Crippen LogP) is 5.26. The smallest absolute Gasteiger partial charge is 0.154 e. The van der Waals surface area contributed by atoms with Crippen LogP contribution in [0.15, 0.2) is 40.9 Å². The van der Waals surface area contributed by atoms with Gasteiger partial charge in [0, 0.05) is 4.47 Å². The molecule has 0 bridgehead atoms. The van der Waals surface area contributed by atoms with E-state index in [2.05, 4.69) is 15.9 Å². The van der Waals surface area contributed by atoms with Crippen LogP contribution in [0.25, 0.3) is 0 Å². The van der Waals surface area contributed by atoms with E-state index < -0.39 is 0 Å². The Morgan fingerprint density at radius 3 is 2.50 bits per heavy atom. The number of anilines is 1. The molecule has 0 aliphatic carbocycles. The molecule has 5 heteroatoms. The molecule has 3 nitrogen and oxygen atoms in total. The standard InChI is InChI=1S/C15H15BrClNO2/c1-9(2)19-12-4-3-5-13(15(12)18)20-14-8-10(16)6-7-11(14)17/h3-9H,18H2,1-2H3. The Morgan fingerprint density at radius 1 is 1.10 bits per heavy atom. The van der Waals surface area contributed by atoms with Crippen LogP contribution < -0.4 is 15.2 Å². The zero-order valence-electron chi connectivity index (χ0n) is 11.2. The van der Waals surface area contributed by atoms with E-state index in [-0.39, 0.29) is 6.10 Å². The summed E-state index contributed by atoms with van der Waals surface area (Å²) < 4.78 is 12.3. The Bertz CT molecular complexity index is 617. The van der Waals surface area contributed by atoms with Gasteiger partial charge in [0.2, 0.25) is 0 Å². The molecule has 2 aromatic carbocycles. The molecule has 0 spiro atoms. The second-order valence-corrected chi connectivity index (χ2v) is 5.83. The molecule has 20 heavy (non-hydrogen) atoms. The molecule has 0 heterocycles. The van der Waals surface area contributed by atoms with Crippen LogP contribution in [0.1, 0.15) is 13.8 Å². The molecule has 0 unspecified atom stereocenters. The minimum Gasteiger partial charge on any atom is -0.489 e. The molecular weight excluding hydrogens is 342 g/mol. The second-order valence-electron chi connectivity index (χ2n) is 4.51. The monoisotopic (exact) mass is 355 g/mol. The van der Waals surface area contributed by atoms with Crippen LogP contribution in [0, 0.1) is 0 Å². The summed E-state index contributed by atoms with van der Waals surface area (Å²) in [5, 5.41) is 0.516. The molecule has 2 aromatic rings. The second kappa shape index (κ2) is 6.37. The summed E-state index contributed by atoms with van der Waals surface area (Å²) in [5.74, 6) is 1.65. The lowest BCUT2D eigenvalue weighted by Gasteiger charge is -2.15. The molecule has 0 saturated heterocycles. The quantitative estimate of drug-likeness (QED) is 0.760. The minimum atomic E-state index is 0.0435. The van der Waals surface area contributed by atoms with E-state index >= 15 is 0 Å². The first kappa shape index (κ1) is 15.0. The van der Waals surface area contributed by atoms with Gasteiger partial charge >= 0.3 is 0 Å². The Morgan fingerprint density at radius 2 is 1.80 bits per heavy atom. The van der Waals surface area contributed by atoms with E-state index in [9.17, 15) is 0 Å². The van der Waals surface area contributed by atoms with Crippen LogP contribution >= 0.6 is 27.5 Å². The predicted molar refractivity (Wildman–Crippen MR) is 85.8 cm³/mol. The van der Waals surface area contributed by atoms with Crippen molar-refractivity contribution in [2.45, 2.75) is 20.0 Å². The normalized spacial score (nSPS) is 10.7. The number of halogens is 2. The van der Waals surface area contributed by atoms with Crippen molar-refractivity contribution in [1.82, 2.24) is 0 Å². The lowest BCUT2D eigenvalue weighted by atomic mass is 10.2.